The second kappa shape index (κ2) is 10.2. The summed E-state index contributed by atoms with van der Waals surface area (Å²) in [4.78, 5) is 11.9. The number of halogens is 3. The van der Waals surface area contributed by atoms with Crippen LogP contribution in [0.25, 0.3) is 0 Å². The Morgan fingerprint density at radius 3 is 2.91 bits per heavy atom. The van der Waals surface area contributed by atoms with Crippen molar-refractivity contribution in [3.05, 3.63) is 28.2 Å². The average molecular weight is 382 g/mol. The summed E-state index contributed by atoms with van der Waals surface area (Å²) in [5.74, 6) is 0.684. The average Bonchev–Trinajstić information content (AvgIpc) is 2.45. The third kappa shape index (κ3) is 7.17. The molecule has 0 saturated carbocycles. The lowest BCUT2D eigenvalue weighted by Gasteiger charge is -2.28. The standard InChI is InChI=1S/C16H22Cl2N2O2.ClH/c1-11-9-13(6-7-19-11)20-16(21)3-2-8-22-15-5-4-12(17)10-14(15)18;/h4-5,10-11,13,19H,2-3,6-9H2,1H3,(H,20,21);1H. The maximum absolute atomic E-state index is 11.9. The van der Waals surface area contributed by atoms with Gasteiger partial charge in [-0.15, -0.1) is 12.4 Å². The van der Waals surface area contributed by atoms with Crippen LogP contribution in [-0.2, 0) is 4.79 Å². The van der Waals surface area contributed by atoms with Gasteiger partial charge in [-0.2, -0.15) is 0 Å². The Balaban J connectivity index is 0.00000264. The van der Waals surface area contributed by atoms with E-state index < -0.39 is 0 Å². The molecule has 1 heterocycles. The maximum Gasteiger partial charge on any atom is 0.220 e. The fourth-order valence-corrected chi connectivity index (χ4v) is 3.03. The summed E-state index contributed by atoms with van der Waals surface area (Å²) in [5, 5.41) is 7.52. The van der Waals surface area contributed by atoms with E-state index in [1.165, 1.54) is 0 Å². The highest BCUT2D eigenvalue weighted by atomic mass is 35.5. The number of benzene rings is 1. The zero-order chi connectivity index (χ0) is 15.9. The second-order valence-electron chi connectivity index (χ2n) is 5.67. The molecule has 2 atom stereocenters. The highest BCUT2D eigenvalue weighted by Gasteiger charge is 2.19. The summed E-state index contributed by atoms with van der Waals surface area (Å²) in [7, 11) is 0. The minimum absolute atomic E-state index is 0. The Hall–Kier alpha value is -0.680. The van der Waals surface area contributed by atoms with Crippen LogP contribution in [-0.4, -0.2) is 31.1 Å². The molecule has 2 unspecified atom stereocenters. The molecule has 23 heavy (non-hydrogen) atoms. The zero-order valence-corrected chi connectivity index (χ0v) is 15.4. The highest BCUT2D eigenvalue weighted by molar-refractivity contribution is 6.35. The number of hydrogen-bond donors (Lipinski definition) is 2. The SMILES string of the molecule is CC1CC(NC(=O)CCCOc2ccc(Cl)cc2Cl)CCN1.Cl. The number of carbonyl (C=O) groups is 1. The molecular formula is C16H23Cl3N2O2. The van der Waals surface area contributed by atoms with Crippen LogP contribution in [0.15, 0.2) is 18.2 Å². The van der Waals surface area contributed by atoms with Crippen LogP contribution in [0.5, 0.6) is 5.75 Å². The lowest BCUT2D eigenvalue weighted by molar-refractivity contribution is -0.122. The summed E-state index contributed by atoms with van der Waals surface area (Å²) >= 11 is 11.8. The maximum atomic E-state index is 11.9. The van der Waals surface area contributed by atoms with Crippen molar-refractivity contribution in [2.75, 3.05) is 13.2 Å². The van der Waals surface area contributed by atoms with E-state index in [9.17, 15) is 4.79 Å². The second-order valence-corrected chi connectivity index (χ2v) is 6.51. The third-order valence-electron chi connectivity index (χ3n) is 3.69. The third-order valence-corrected chi connectivity index (χ3v) is 4.22. The molecule has 2 N–H and O–H groups in total. The molecule has 4 nitrogen and oxygen atoms in total. The molecule has 1 aromatic rings. The summed E-state index contributed by atoms with van der Waals surface area (Å²) in [6, 6.07) is 5.86. The van der Waals surface area contributed by atoms with Crippen molar-refractivity contribution in [2.24, 2.45) is 0 Å². The number of nitrogens with one attached hydrogen (secondary N) is 2. The Morgan fingerprint density at radius 2 is 2.22 bits per heavy atom. The molecule has 1 aliphatic rings. The van der Waals surface area contributed by atoms with E-state index >= 15 is 0 Å². The monoisotopic (exact) mass is 380 g/mol. The normalized spacial score (nSPS) is 20.5. The Morgan fingerprint density at radius 1 is 1.43 bits per heavy atom. The van der Waals surface area contributed by atoms with Gasteiger partial charge >= 0.3 is 0 Å². The summed E-state index contributed by atoms with van der Waals surface area (Å²) in [5.41, 5.74) is 0. The van der Waals surface area contributed by atoms with Crippen LogP contribution < -0.4 is 15.4 Å². The van der Waals surface area contributed by atoms with Crippen molar-refractivity contribution in [3.63, 3.8) is 0 Å². The molecule has 130 valence electrons. The number of hydrogen-bond acceptors (Lipinski definition) is 3. The molecule has 0 aromatic heterocycles. The molecule has 1 fully saturated rings. The molecule has 0 radical (unpaired) electrons. The lowest BCUT2D eigenvalue weighted by Crippen LogP contribution is -2.46. The number of piperidine rings is 1. The van der Waals surface area contributed by atoms with Crippen LogP contribution in [0.3, 0.4) is 0 Å². The fourth-order valence-electron chi connectivity index (χ4n) is 2.57. The van der Waals surface area contributed by atoms with Crippen molar-refractivity contribution < 1.29 is 9.53 Å². The number of carbonyl (C=O) groups excluding carboxylic acids is 1. The van der Waals surface area contributed by atoms with E-state index in [1.807, 2.05) is 0 Å². The Bertz CT molecular complexity index is 514. The predicted octanol–water partition coefficient (Wildman–Crippen LogP) is 3.83. The van der Waals surface area contributed by atoms with Gasteiger partial charge in [0, 0.05) is 23.5 Å². The van der Waals surface area contributed by atoms with Crippen molar-refractivity contribution in [1.82, 2.24) is 10.6 Å². The molecule has 0 aliphatic carbocycles. The molecular weight excluding hydrogens is 359 g/mol. The first-order valence-electron chi connectivity index (χ1n) is 7.65. The van der Waals surface area contributed by atoms with Crippen molar-refractivity contribution in [3.8, 4) is 5.75 Å². The van der Waals surface area contributed by atoms with Crippen LogP contribution in [0.1, 0.15) is 32.6 Å². The molecule has 0 spiro atoms. The molecule has 7 heteroatoms. The van der Waals surface area contributed by atoms with Gasteiger partial charge in [0.15, 0.2) is 0 Å². The quantitative estimate of drug-likeness (QED) is 0.736. The van der Waals surface area contributed by atoms with E-state index in [1.54, 1.807) is 18.2 Å². The Kier molecular flexibility index (Phi) is 9.07. The van der Waals surface area contributed by atoms with Crippen LogP contribution in [0, 0.1) is 0 Å². The van der Waals surface area contributed by atoms with Gasteiger partial charge in [-0.1, -0.05) is 23.2 Å². The van der Waals surface area contributed by atoms with E-state index in [4.69, 9.17) is 27.9 Å². The van der Waals surface area contributed by atoms with Crippen LogP contribution in [0.2, 0.25) is 10.0 Å². The predicted molar refractivity (Wildman–Crippen MR) is 97.1 cm³/mol. The molecule has 1 amide bonds. The van der Waals surface area contributed by atoms with Crippen molar-refractivity contribution >= 4 is 41.5 Å². The van der Waals surface area contributed by atoms with Gasteiger partial charge in [0.05, 0.1) is 11.6 Å². The first kappa shape index (κ1) is 20.4. The summed E-state index contributed by atoms with van der Waals surface area (Å²) in [6.07, 6.45) is 3.10. The van der Waals surface area contributed by atoms with Crippen molar-refractivity contribution in [1.29, 1.82) is 0 Å². The van der Waals surface area contributed by atoms with Gasteiger partial charge in [0.25, 0.3) is 0 Å². The largest absolute Gasteiger partial charge is 0.492 e. The minimum atomic E-state index is 0. The zero-order valence-electron chi connectivity index (χ0n) is 13.1. The first-order valence-corrected chi connectivity index (χ1v) is 8.41. The molecule has 1 aliphatic heterocycles. The topological polar surface area (TPSA) is 50.4 Å². The van der Waals surface area contributed by atoms with Crippen LogP contribution >= 0.6 is 35.6 Å². The van der Waals surface area contributed by atoms with E-state index in [0.29, 0.717) is 41.3 Å². The molecule has 0 bridgehead atoms. The van der Waals surface area contributed by atoms with E-state index in [2.05, 4.69) is 17.6 Å². The Labute approximate surface area is 153 Å². The van der Waals surface area contributed by atoms with Gasteiger partial charge in [0.1, 0.15) is 5.75 Å². The first-order chi connectivity index (χ1) is 10.5. The molecule has 2 rings (SSSR count). The number of rotatable bonds is 6. The van der Waals surface area contributed by atoms with Crippen molar-refractivity contribution in [2.45, 2.75) is 44.7 Å². The summed E-state index contributed by atoms with van der Waals surface area (Å²) < 4.78 is 5.57. The van der Waals surface area contributed by atoms with Gasteiger partial charge in [-0.25, -0.2) is 0 Å². The van der Waals surface area contributed by atoms with Gasteiger partial charge < -0.3 is 15.4 Å². The van der Waals surface area contributed by atoms with E-state index in [-0.39, 0.29) is 24.4 Å². The summed E-state index contributed by atoms with van der Waals surface area (Å²) in [6.45, 7) is 3.56. The van der Waals surface area contributed by atoms with Gasteiger partial charge in [-0.05, 0) is 50.9 Å². The minimum Gasteiger partial charge on any atom is -0.492 e. The molecule has 1 saturated heterocycles. The fraction of sp³-hybridized carbons (Fsp3) is 0.562. The van der Waals surface area contributed by atoms with Crippen LogP contribution in [0.4, 0.5) is 0 Å². The highest BCUT2D eigenvalue weighted by Crippen LogP contribution is 2.27. The van der Waals surface area contributed by atoms with E-state index in [0.717, 1.165) is 19.4 Å². The molecule has 1 aromatic carbocycles. The van der Waals surface area contributed by atoms with Gasteiger partial charge in [0.2, 0.25) is 5.91 Å². The lowest BCUT2D eigenvalue weighted by atomic mass is 10.0. The number of ether oxygens (including phenoxy) is 1. The smallest absolute Gasteiger partial charge is 0.220 e. The van der Waals surface area contributed by atoms with Gasteiger partial charge in [-0.3, -0.25) is 4.79 Å². The number of amides is 1.